The van der Waals surface area contributed by atoms with E-state index < -0.39 is 59.8 Å². The summed E-state index contributed by atoms with van der Waals surface area (Å²) in [6, 6.07) is 0. The van der Waals surface area contributed by atoms with E-state index in [1.54, 1.807) is 0 Å². The van der Waals surface area contributed by atoms with E-state index in [0.29, 0.717) is 13.0 Å². The molecule has 0 bridgehead atoms. The first-order valence-electron chi connectivity index (χ1n) is 22.9. The SMILES string of the molecule is CC/C=C\C/C=C\C/C=C\C/C=C\CCC(=O)OC(COCCCCCCCCCCCCCCCCCCCCC)COC1OC(CO)C(O)C(OS(=O)(=O)O)C1O. The molecule has 1 fully saturated rings. The average molecular weight is 859 g/mol. The molecule has 6 unspecified atom stereocenters. The molecule has 0 aromatic carbocycles. The molecule has 0 aromatic rings. The summed E-state index contributed by atoms with van der Waals surface area (Å²) >= 11 is 0. The second-order valence-corrected chi connectivity index (χ2v) is 16.7. The Hall–Kier alpha value is -1.94. The number of esters is 1. The summed E-state index contributed by atoms with van der Waals surface area (Å²) < 4.78 is 58.9. The van der Waals surface area contributed by atoms with Gasteiger partial charge in [-0.05, 0) is 38.5 Å². The van der Waals surface area contributed by atoms with Gasteiger partial charge in [0, 0.05) is 13.0 Å². The molecular formula is C46H82O12S. The van der Waals surface area contributed by atoms with E-state index in [1.165, 1.54) is 103 Å². The van der Waals surface area contributed by atoms with Gasteiger partial charge >= 0.3 is 16.4 Å². The Morgan fingerprint density at radius 3 is 1.61 bits per heavy atom. The summed E-state index contributed by atoms with van der Waals surface area (Å²) in [4.78, 5) is 12.8. The number of aliphatic hydroxyl groups excluding tert-OH is 3. The van der Waals surface area contributed by atoms with Crippen LogP contribution in [-0.2, 0) is 38.3 Å². The first kappa shape index (κ1) is 55.1. The number of aliphatic hydroxyl groups is 3. The monoisotopic (exact) mass is 859 g/mol. The van der Waals surface area contributed by atoms with Gasteiger partial charge in [0.15, 0.2) is 6.29 Å². The maximum Gasteiger partial charge on any atom is 0.397 e. The Kier molecular flexibility index (Phi) is 35.3. The van der Waals surface area contributed by atoms with Gasteiger partial charge in [0.1, 0.15) is 30.5 Å². The van der Waals surface area contributed by atoms with E-state index in [1.807, 2.05) is 12.2 Å². The number of hydrogen-bond acceptors (Lipinski definition) is 11. The standard InChI is InChI=1S/C46H82O12S/c1-3-5-7-9-11-13-15-17-18-19-20-21-22-24-26-28-30-32-34-36-54-38-40(39-55-46-44(50)45(58-59(51,52)53)43(49)41(37-47)57-46)56-42(48)35-33-31-29-27-25-23-16-14-12-10-8-6-4-2/h6,8,12,14,23,25,29,31,40-41,43-47,49-50H,3-5,7,9-11,13,15-22,24,26-28,30,32-39H2,1-2H3,(H,51,52,53)/b8-6-,14-12-,25-23-,31-29-. The molecule has 6 atom stereocenters. The molecule has 1 aliphatic heterocycles. The van der Waals surface area contributed by atoms with Crippen molar-refractivity contribution in [1.82, 2.24) is 0 Å². The molecule has 0 spiro atoms. The highest BCUT2D eigenvalue weighted by atomic mass is 32.3. The number of hydrogen-bond donors (Lipinski definition) is 4. The summed E-state index contributed by atoms with van der Waals surface area (Å²) in [6.07, 6.45) is 36.0. The molecule has 0 aromatic heterocycles. The molecule has 4 N–H and O–H groups in total. The Morgan fingerprint density at radius 2 is 1.14 bits per heavy atom. The summed E-state index contributed by atoms with van der Waals surface area (Å²) in [5.41, 5.74) is 0. The first-order valence-corrected chi connectivity index (χ1v) is 24.3. The van der Waals surface area contributed by atoms with E-state index in [0.717, 1.165) is 44.9 Å². The Balaban J connectivity index is 2.43. The van der Waals surface area contributed by atoms with E-state index in [4.69, 9.17) is 23.5 Å². The molecular weight excluding hydrogens is 777 g/mol. The highest BCUT2D eigenvalue weighted by Gasteiger charge is 2.48. The van der Waals surface area contributed by atoms with Crippen LogP contribution in [0.15, 0.2) is 48.6 Å². The number of allylic oxidation sites excluding steroid dienone is 8. The highest BCUT2D eigenvalue weighted by molar-refractivity contribution is 7.80. The van der Waals surface area contributed by atoms with Crippen LogP contribution in [0.2, 0.25) is 0 Å². The van der Waals surface area contributed by atoms with E-state index >= 15 is 0 Å². The molecule has 1 heterocycles. The zero-order chi connectivity index (χ0) is 43.2. The van der Waals surface area contributed by atoms with Crippen LogP contribution in [0.25, 0.3) is 0 Å². The lowest BCUT2D eigenvalue weighted by Gasteiger charge is -2.41. The predicted molar refractivity (Wildman–Crippen MR) is 234 cm³/mol. The molecule has 0 radical (unpaired) electrons. The van der Waals surface area contributed by atoms with Crippen LogP contribution in [0.5, 0.6) is 0 Å². The number of carbonyl (C=O) groups excluding carboxylic acids is 1. The molecule has 0 saturated carbocycles. The maximum absolute atomic E-state index is 12.8. The van der Waals surface area contributed by atoms with Gasteiger partial charge in [-0.25, -0.2) is 4.18 Å². The number of carbonyl (C=O) groups is 1. The third-order valence-corrected chi connectivity index (χ3v) is 10.7. The van der Waals surface area contributed by atoms with Crippen LogP contribution in [0.1, 0.15) is 174 Å². The summed E-state index contributed by atoms with van der Waals surface area (Å²) in [6.45, 7) is 3.79. The number of rotatable bonds is 39. The summed E-state index contributed by atoms with van der Waals surface area (Å²) in [5, 5.41) is 30.6. The van der Waals surface area contributed by atoms with Crippen LogP contribution in [0.3, 0.4) is 0 Å². The molecule has 1 aliphatic rings. The van der Waals surface area contributed by atoms with Gasteiger partial charge in [-0.2, -0.15) is 8.42 Å². The third-order valence-electron chi connectivity index (χ3n) is 10.2. The number of unbranched alkanes of at least 4 members (excludes halogenated alkanes) is 18. The normalized spacial score (nSPS) is 20.8. The molecule has 13 heteroatoms. The Labute approximate surface area is 357 Å². The van der Waals surface area contributed by atoms with Crippen LogP contribution < -0.4 is 0 Å². The lowest BCUT2D eigenvalue weighted by Crippen LogP contribution is -2.60. The van der Waals surface area contributed by atoms with Gasteiger partial charge in [0.05, 0.1) is 19.8 Å². The van der Waals surface area contributed by atoms with Crippen molar-refractivity contribution in [1.29, 1.82) is 0 Å². The predicted octanol–water partition coefficient (Wildman–Crippen LogP) is 9.58. The van der Waals surface area contributed by atoms with Crippen molar-refractivity contribution in [3.8, 4) is 0 Å². The lowest BCUT2D eigenvalue weighted by molar-refractivity contribution is -0.301. The van der Waals surface area contributed by atoms with Crippen LogP contribution in [-0.4, -0.2) is 97.5 Å². The smallest absolute Gasteiger partial charge is 0.397 e. The molecule has 59 heavy (non-hydrogen) atoms. The fourth-order valence-corrected chi connectivity index (χ4v) is 7.31. The lowest BCUT2D eigenvalue weighted by atomic mass is 9.99. The summed E-state index contributed by atoms with van der Waals surface area (Å²) in [5.74, 6) is -0.477. The maximum atomic E-state index is 12.8. The van der Waals surface area contributed by atoms with Gasteiger partial charge in [-0.1, -0.05) is 178 Å². The van der Waals surface area contributed by atoms with Crippen molar-refractivity contribution in [3.05, 3.63) is 48.6 Å². The molecule has 1 rings (SSSR count). The molecule has 0 aliphatic carbocycles. The Bertz CT molecular complexity index is 1220. The van der Waals surface area contributed by atoms with Crippen molar-refractivity contribution >= 4 is 16.4 Å². The fraction of sp³-hybridized carbons (Fsp3) is 0.804. The van der Waals surface area contributed by atoms with Crippen LogP contribution in [0, 0.1) is 0 Å². The molecule has 344 valence electrons. The fourth-order valence-electron chi connectivity index (χ4n) is 6.80. The topological polar surface area (TPSA) is 178 Å². The second kappa shape index (κ2) is 37.8. The van der Waals surface area contributed by atoms with Gasteiger partial charge in [-0.3, -0.25) is 9.35 Å². The average Bonchev–Trinajstić information content (AvgIpc) is 3.20. The number of ether oxygens (including phenoxy) is 4. The second-order valence-electron chi connectivity index (χ2n) is 15.6. The van der Waals surface area contributed by atoms with Crippen molar-refractivity contribution < 1.29 is 56.2 Å². The third kappa shape index (κ3) is 31.6. The van der Waals surface area contributed by atoms with Gasteiger partial charge in [0.2, 0.25) is 0 Å². The minimum absolute atomic E-state index is 0.00851. The molecule has 0 amide bonds. The highest BCUT2D eigenvalue weighted by Crippen LogP contribution is 2.26. The summed E-state index contributed by atoms with van der Waals surface area (Å²) in [7, 11) is -5.07. The quantitative estimate of drug-likeness (QED) is 0.0199. The van der Waals surface area contributed by atoms with Gasteiger partial charge < -0.3 is 34.3 Å². The zero-order valence-corrected chi connectivity index (χ0v) is 37.4. The van der Waals surface area contributed by atoms with E-state index in [-0.39, 0.29) is 19.6 Å². The zero-order valence-electron chi connectivity index (χ0n) is 36.6. The van der Waals surface area contributed by atoms with Crippen molar-refractivity contribution in [2.75, 3.05) is 26.4 Å². The Morgan fingerprint density at radius 1 is 0.661 bits per heavy atom. The first-order chi connectivity index (χ1) is 28.6. The van der Waals surface area contributed by atoms with Gasteiger partial charge in [-0.15, -0.1) is 0 Å². The van der Waals surface area contributed by atoms with Crippen molar-refractivity contribution in [3.63, 3.8) is 0 Å². The van der Waals surface area contributed by atoms with Crippen LogP contribution in [0.4, 0.5) is 0 Å². The van der Waals surface area contributed by atoms with Crippen LogP contribution >= 0.6 is 0 Å². The van der Waals surface area contributed by atoms with Gasteiger partial charge in [0.25, 0.3) is 0 Å². The van der Waals surface area contributed by atoms with E-state index in [9.17, 15) is 28.5 Å². The van der Waals surface area contributed by atoms with Crippen molar-refractivity contribution in [2.24, 2.45) is 0 Å². The minimum Gasteiger partial charge on any atom is -0.457 e. The molecule has 1 saturated heterocycles. The van der Waals surface area contributed by atoms with E-state index in [2.05, 4.69) is 54.5 Å². The minimum atomic E-state index is -5.07. The van der Waals surface area contributed by atoms with Crippen molar-refractivity contribution in [2.45, 2.75) is 211 Å². The largest absolute Gasteiger partial charge is 0.457 e. The molecule has 12 nitrogen and oxygen atoms in total.